The van der Waals surface area contributed by atoms with E-state index >= 15 is 0 Å². The number of halogens is 1. The maximum atomic E-state index is 13.0. The first-order chi connectivity index (χ1) is 7.32. The van der Waals surface area contributed by atoms with Crippen molar-refractivity contribution in [3.05, 3.63) is 30.1 Å². The lowest BCUT2D eigenvalue weighted by Gasteiger charge is -2.32. The molecule has 1 aromatic carbocycles. The third-order valence-corrected chi connectivity index (χ3v) is 3.32. The molecule has 0 saturated carbocycles. The zero-order valence-electron chi connectivity index (χ0n) is 10.0. The fraction of sp³-hybridized carbons (Fsp3) is 0.500. The summed E-state index contributed by atoms with van der Waals surface area (Å²) in [6, 6.07) is 7.14. The highest BCUT2D eigenvalue weighted by Crippen LogP contribution is 2.36. The topological polar surface area (TPSA) is 18.5 Å². The van der Waals surface area contributed by atoms with Gasteiger partial charge in [0.1, 0.15) is 5.82 Å². The Bertz CT molecular complexity index is 388. The van der Waals surface area contributed by atoms with E-state index in [1.54, 1.807) is 6.07 Å². The Morgan fingerprint density at radius 2 is 1.75 bits per heavy atom. The van der Waals surface area contributed by atoms with Gasteiger partial charge in [0.15, 0.2) is 0 Å². The molecule has 1 aromatic rings. The van der Waals surface area contributed by atoms with Crippen LogP contribution in [0.15, 0.2) is 18.2 Å². The second kappa shape index (κ2) is 3.57. The minimum Gasteiger partial charge on any atom is -0.399 e. The van der Waals surface area contributed by atoms with Crippen molar-refractivity contribution in [3.63, 3.8) is 0 Å². The van der Waals surface area contributed by atoms with Crippen LogP contribution in [0.5, 0.6) is 0 Å². The minimum atomic E-state index is -0.505. The molecular weight excluding hydrogens is 206 g/mol. The standard InChI is InChI=1S/C12H15BFO2/c1-11(2)12(3,4)16-13(15-11)9-6-5-7-10(14)8-9/h5-6,8H,1-4H3. The Balaban J connectivity index is 2.27. The van der Waals surface area contributed by atoms with Gasteiger partial charge in [0.2, 0.25) is 0 Å². The van der Waals surface area contributed by atoms with E-state index in [-0.39, 0.29) is 0 Å². The summed E-state index contributed by atoms with van der Waals surface area (Å²) in [6.45, 7) is 7.88. The molecule has 85 valence electrons. The second-order valence-corrected chi connectivity index (χ2v) is 5.06. The van der Waals surface area contributed by atoms with Crippen LogP contribution in [0.3, 0.4) is 0 Å². The van der Waals surface area contributed by atoms with Crippen LogP contribution < -0.4 is 5.46 Å². The molecular formula is C12H15BFO2. The van der Waals surface area contributed by atoms with Gasteiger partial charge in [-0.15, -0.1) is 0 Å². The van der Waals surface area contributed by atoms with Crippen molar-refractivity contribution in [2.45, 2.75) is 38.9 Å². The van der Waals surface area contributed by atoms with E-state index in [0.29, 0.717) is 5.46 Å². The zero-order valence-corrected chi connectivity index (χ0v) is 10.0. The SMILES string of the molecule is CC1(C)OB(c2cc[c]c(F)c2)OC1(C)C. The van der Waals surface area contributed by atoms with E-state index in [1.165, 1.54) is 12.1 Å². The predicted molar refractivity (Wildman–Crippen MR) is 61.0 cm³/mol. The Morgan fingerprint density at radius 3 is 2.25 bits per heavy atom. The normalized spacial score (nSPS) is 22.4. The van der Waals surface area contributed by atoms with E-state index in [0.717, 1.165) is 0 Å². The highest BCUT2D eigenvalue weighted by Gasteiger charge is 2.51. The van der Waals surface area contributed by atoms with Crippen LogP contribution >= 0.6 is 0 Å². The molecule has 16 heavy (non-hydrogen) atoms. The van der Waals surface area contributed by atoms with Crippen LogP contribution in [0, 0.1) is 11.9 Å². The first kappa shape index (κ1) is 11.6. The van der Waals surface area contributed by atoms with Gasteiger partial charge in [-0.1, -0.05) is 12.1 Å². The molecule has 0 aliphatic carbocycles. The maximum absolute atomic E-state index is 13.0. The molecule has 2 rings (SSSR count). The molecule has 0 atom stereocenters. The summed E-state index contributed by atoms with van der Waals surface area (Å²) in [7, 11) is -0.505. The highest BCUT2D eigenvalue weighted by atomic mass is 19.1. The van der Waals surface area contributed by atoms with Crippen LogP contribution in [0.2, 0.25) is 0 Å². The third-order valence-electron chi connectivity index (χ3n) is 3.32. The van der Waals surface area contributed by atoms with Gasteiger partial charge < -0.3 is 9.31 Å². The monoisotopic (exact) mass is 221 g/mol. The molecule has 0 aromatic heterocycles. The fourth-order valence-corrected chi connectivity index (χ4v) is 1.58. The summed E-state index contributed by atoms with van der Waals surface area (Å²) in [4.78, 5) is 0. The van der Waals surface area contributed by atoms with Gasteiger partial charge in [0, 0.05) is 6.07 Å². The van der Waals surface area contributed by atoms with Gasteiger partial charge >= 0.3 is 7.12 Å². The fourth-order valence-electron chi connectivity index (χ4n) is 1.58. The average Bonchev–Trinajstić information content (AvgIpc) is 2.36. The first-order valence-electron chi connectivity index (χ1n) is 5.35. The van der Waals surface area contributed by atoms with E-state index in [4.69, 9.17) is 9.31 Å². The molecule has 1 saturated heterocycles. The molecule has 1 fully saturated rings. The van der Waals surface area contributed by atoms with Crippen LogP contribution in [0.1, 0.15) is 27.7 Å². The number of hydrogen-bond donors (Lipinski definition) is 0. The summed E-state index contributed by atoms with van der Waals surface area (Å²) in [5.41, 5.74) is -0.101. The van der Waals surface area contributed by atoms with Crippen molar-refractivity contribution < 1.29 is 13.7 Å². The van der Waals surface area contributed by atoms with Gasteiger partial charge in [0.05, 0.1) is 11.2 Å². The molecule has 2 nitrogen and oxygen atoms in total. The molecule has 0 N–H and O–H groups in total. The van der Waals surface area contributed by atoms with Crippen LogP contribution in [-0.4, -0.2) is 18.3 Å². The zero-order chi connectivity index (χ0) is 12.0. The van der Waals surface area contributed by atoms with Gasteiger partial charge in [-0.3, -0.25) is 0 Å². The van der Waals surface area contributed by atoms with Crippen molar-refractivity contribution in [1.29, 1.82) is 0 Å². The lowest BCUT2D eigenvalue weighted by molar-refractivity contribution is 0.00578. The highest BCUT2D eigenvalue weighted by molar-refractivity contribution is 6.62. The maximum Gasteiger partial charge on any atom is 0.494 e. The molecule has 0 spiro atoms. The lowest BCUT2D eigenvalue weighted by atomic mass is 9.79. The average molecular weight is 221 g/mol. The molecule has 4 heteroatoms. The van der Waals surface area contributed by atoms with Crippen molar-refractivity contribution in [2.75, 3.05) is 0 Å². The Kier molecular flexibility index (Phi) is 2.59. The number of benzene rings is 1. The van der Waals surface area contributed by atoms with Gasteiger partial charge in [-0.05, 0) is 39.2 Å². The summed E-state index contributed by atoms with van der Waals surface area (Å²) >= 11 is 0. The smallest absolute Gasteiger partial charge is 0.399 e. The molecule has 0 amide bonds. The summed E-state index contributed by atoms with van der Waals surface area (Å²) in [6.07, 6.45) is 0. The first-order valence-corrected chi connectivity index (χ1v) is 5.35. The van der Waals surface area contributed by atoms with Gasteiger partial charge in [-0.2, -0.15) is 0 Å². The summed E-state index contributed by atoms with van der Waals surface area (Å²) in [5.74, 6) is -0.396. The summed E-state index contributed by atoms with van der Waals surface area (Å²) in [5, 5.41) is 0. The number of hydrogen-bond acceptors (Lipinski definition) is 2. The van der Waals surface area contributed by atoms with Crippen LogP contribution in [-0.2, 0) is 9.31 Å². The van der Waals surface area contributed by atoms with Crippen LogP contribution in [0.4, 0.5) is 4.39 Å². The Morgan fingerprint density at radius 1 is 1.19 bits per heavy atom. The van der Waals surface area contributed by atoms with E-state index in [2.05, 4.69) is 6.07 Å². The Hall–Kier alpha value is -0.865. The van der Waals surface area contributed by atoms with Gasteiger partial charge in [-0.25, -0.2) is 4.39 Å². The quantitative estimate of drug-likeness (QED) is 0.674. The molecule has 1 radical (unpaired) electrons. The van der Waals surface area contributed by atoms with Crippen molar-refractivity contribution in [2.24, 2.45) is 0 Å². The van der Waals surface area contributed by atoms with Gasteiger partial charge in [0.25, 0.3) is 0 Å². The largest absolute Gasteiger partial charge is 0.494 e. The Labute approximate surface area is 95.9 Å². The second-order valence-electron chi connectivity index (χ2n) is 5.06. The number of rotatable bonds is 1. The van der Waals surface area contributed by atoms with Crippen molar-refractivity contribution in [3.8, 4) is 0 Å². The van der Waals surface area contributed by atoms with E-state index < -0.39 is 24.1 Å². The van der Waals surface area contributed by atoms with E-state index in [9.17, 15) is 4.39 Å². The predicted octanol–water partition coefficient (Wildman–Crippen LogP) is 1.93. The third kappa shape index (κ3) is 1.87. The molecule has 1 heterocycles. The molecule has 1 aliphatic rings. The lowest BCUT2D eigenvalue weighted by Crippen LogP contribution is -2.41. The molecule has 1 aliphatic heterocycles. The van der Waals surface area contributed by atoms with Crippen molar-refractivity contribution in [1.82, 2.24) is 0 Å². The summed E-state index contributed by atoms with van der Waals surface area (Å²) < 4.78 is 24.6. The minimum absolute atomic E-state index is 0.395. The van der Waals surface area contributed by atoms with E-state index in [1.807, 2.05) is 27.7 Å². The molecule has 0 unspecified atom stereocenters. The van der Waals surface area contributed by atoms with Crippen LogP contribution in [0.25, 0.3) is 0 Å². The van der Waals surface area contributed by atoms with Crippen molar-refractivity contribution >= 4 is 12.6 Å². The molecule has 0 bridgehead atoms.